The first-order chi connectivity index (χ1) is 12.0. The number of carboxylic acid groups (broad SMARTS) is 1. The lowest BCUT2D eigenvalue weighted by atomic mass is 10.2. The Morgan fingerprint density at radius 1 is 1.12 bits per heavy atom. The van der Waals surface area contributed by atoms with Gasteiger partial charge in [0.1, 0.15) is 5.69 Å². The molecule has 3 aromatic rings. The van der Waals surface area contributed by atoms with Crippen LogP contribution in [0.1, 0.15) is 15.9 Å². The second-order valence-corrected chi connectivity index (χ2v) is 6.82. The second kappa shape index (κ2) is 6.73. The molecule has 0 radical (unpaired) electrons. The van der Waals surface area contributed by atoms with Crippen molar-refractivity contribution in [1.82, 2.24) is 10.1 Å². The number of sulfonamides is 1. The standard InChI is InChI=1S/C16H13N3O5S/c20-16(21)13-14(12-8-4-5-9-17-12)18-24-15(13)19-25(22,23)10-11-6-2-1-3-7-11/h1-9,19H,10H2,(H,20,21). The Bertz CT molecular complexity index is 985. The number of aromatic nitrogens is 2. The Labute approximate surface area is 143 Å². The molecule has 0 aliphatic rings. The maximum absolute atomic E-state index is 12.3. The summed E-state index contributed by atoms with van der Waals surface area (Å²) in [6, 6.07) is 13.3. The average molecular weight is 359 g/mol. The van der Waals surface area contributed by atoms with Crippen LogP contribution in [0.5, 0.6) is 0 Å². The van der Waals surface area contributed by atoms with E-state index in [2.05, 4.69) is 14.9 Å². The Hall–Kier alpha value is -3.20. The summed E-state index contributed by atoms with van der Waals surface area (Å²) < 4.78 is 31.6. The van der Waals surface area contributed by atoms with Crippen molar-refractivity contribution in [2.75, 3.05) is 4.72 Å². The molecule has 2 N–H and O–H groups in total. The van der Waals surface area contributed by atoms with Crippen LogP contribution in [0.2, 0.25) is 0 Å². The van der Waals surface area contributed by atoms with E-state index in [9.17, 15) is 18.3 Å². The van der Waals surface area contributed by atoms with Crippen molar-refractivity contribution in [2.45, 2.75) is 5.75 Å². The van der Waals surface area contributed by atoms with Gasteiger partial charge in [0.2, 0.25) is 10.0 Å². The third-order valence-electron chi connectivity index (χ3n) is 3.26. The lowest BCUT2D eigenvalue weighted by molar-refractivity contribution is 0.0698. The first kappa shape index (κ1) is 16.7. The van der Waals surface area contributed by atoms with Gasteiger partial charge in [0.05, 0.1) is 11.4 Å². The second-order valence-electron chi connectivity index (χ2n) is 5.10. The molecule has 0 spiro atoms. The molecule has 0 atom stereocenters. The lowest BCUT2D eigenvalue weighted by Gasteiger charge is -2.06. The number of rotatable bonds is 6. The first-order valence-corrected chi connectivity index (χ1v) is 8.80. The monoisotopic (exact) mass is 359 g/mol. The molecule has 3 rings (SSSR count). The predicted molar refractivity (Wildman–Crippen MR) is 89.4 cm³/mol. The quantitative estimate of drug-likeness (QED) is 0.692. The van der Waals surface area contributed by atoms with Gasteiger partial charge >= 0.3 is 5.97 Å². The highest BCUT2D eigenvalue weighted by molar-refractivity contribution is 7.91. The maximum Gasteiger partial charge on any atom is 0.343 e. The number of benzene rings is 1. The van der Waals surface area contributed by atoms with E-state index in [4.69, 9.17) is 4.52 Å². The number of nitrogens with one attached hydrogen (secondary N) is 1. The van der Waals surface area contributed by atoms with Crippen LogP contribution in [0.4, 0.5) is 5.88 Å². The van der Waals surface area contributed by atoms with Crippen LogP contribution in [0.3, 0.4) is 0 Å². The van der Waals surface area contributed by atoms with Crippen LogP contribution < -0.4 is 4.72 Å². The zero-order valence-electron chi connectivity index (χ0n) is 12.8. The Morgan fingerprint density at radius 2 is 1.84 bits per heavy atom. The fraction of sp³-hybridized carbons (Fsp3) is 0.0625. The van der Waals surface area contributed by atoms with Gasteiger partial charge in [0, 0.05) is 6.20 Å². The first-order valence-electron chi connectivity index (χ1n) is 7.15. The molecule has 0 aliphatic heterocycles. The zero-order chi connectivity index (χ0) is 17.9. The normalized spacial score (nSPS) is 11.2. The molecule has 25 heavy (non-hydrogen) atoms. The number of carbonyl (C=O) groups is 1. The molecule has 8 nitrogen and oxygen atoms in total. The smallest absolute Gasteiger partial charge is 0.343 e. The summed E-state index contributed by atoms with van der Waals surface area (Å²) in [5.41, 5.74) is 0.370. The van der Waals surface area contributed by atoms with Gasteiger partial charge in [-0.05, 0) is 17.7 Å². The third kappa shape index (κ3) is 3.83. The molecule has 0 saturated carbocycles. The van der Waals surface area contributed by atoms with E-state index in [1.165, 1.54) is 6.20 Å². The molecule has 0 saturated heterocycles. The fourth-order valence-corrected chi connectivity index (χ4v) is 3.33. The van der Waals surface area contributed by atoms with E-state index in [0.717, 1.165) is 0 Å². The SMILES string of the molecule is O=C(O)c1c(-c2ccccn2)noc1NS(=O)(=O)Cc1ccccc1. The van der Waals surface area contributed by atoms with E-state index in [1.54, 1.807) is 48.5 Å². The van der Waals surface area contributed by atoms with Crippen LogP contribution >= 0.6 is 0 Å². The topological polar surface area (TPSA) is 122 Å². The highest BCUT2D eigenvalue weighted by atomic mass is 32.2. The Kier molecular flexibility index (Phi) is 4.48. The minimum absolute atomic E-state index is 0.0505. The summed E-state index contributed by atoms with van der Waals surface area (Å²) in [5, 5.41) is 13.1. The largest absolute Gasteiger partial charge is 0.477 e. The van der Waals surface area contributed by atoms with Gasteiger partial charge in [-0.3, -0.25) is 4.98 Å². The fourth-order valence-electron chi connectivity index (χ4n) is 2.21. The van der Waals surface area contributed by atoms with Crippen molar-refractivity contribution in [1.29, 1.82) is 0 Å². The van der Waals surface area contributed by atoms with Gasteiger partial charge in [0.25, 0.3) is 5.88 Å². The molecular formula is C16H13N3O5S. The minimum atomic E-state index is -3.88. The van der Waals surface area contributed by atoms with E-state index in [1.807, 2.05) is 0 Å². The molecule has 0 amide bonds. The highest BCUT2D eigenvalue weighted by Crippen LogP contribution is 2.28. The molecular weight excluding hydrogens is 346 g/mol. The summed E-state index contributed by atoms with van der Waals surface area (Å²) in [5.74, 6) is -2.16. The van der Waals surface area contributed by atoms with Crippen LogP contribution in [0.15, 0.2) is 59.3 Å². The van der Waals surface area contributed by atoms with Gasteiger partial charge in [-0.25, -0.2) is 17.9 Å². The number of hydrogen-bond donors (Lipinski definition) is 2. The third-order valence-corrected chi connectivity index (χ3v) is 4.47. The van der Waals surface area contributed by atoms with Gasteiger partial charge in [-0.1, -0.05) is 41.6 Å². The molecule has 1 aromatic carbocycles. The number of nitrogens with zero attached hydrogens (tertiary/aromatic N) is 2. The van der Waals surface area contributed by atoms with E-state index in [-0.39, 0.29) is 17.1 Å². The minimum Gasteiger partial charge on any atom is -0.477 e. The molecule has 128 valence electrons. The van der Waals surface area contributed by atoms with Gasteiger partial charge in [0.15, 0.2) is 5.56 Å². The van der Waals surface area contributed by atoms with Crippen molar-refractivity contribution < 1.29 is 22.8 Å². The summed E-state index contributed by atoms with van der Waals surface area (Å²) in [6.07, 6.45) is 1.47. The van der Waals surface area contributed by atoms with Crippen LogP contribution in [-0.4, -0.2) is 29.6 Å². The highest BCUT2D eigenvalue weighted by Gasteiger charge is 2.27. The summed E-state index contributed by atoms with van der Waals surface area (Å²) in [7, 11) is -3.88. The van der Waals surface area contributed by atoms with Crippen molar-refractivity contribution in [3.05, 3.63) is 65.9 Å². The maximum atomic E-state index is 12.3. The van der Waals surface area contributed by atoms with Crippen molar-refractivity contribution in [2.24, 2.45) is 0 Å². The Morgan fingerprint density at radius 3 is 2.48 bits per heavy atom. The summed E-state index contributed by atoms with van der Waals surface area (Å²) in [4.78, 5) is 15.6. The molecule has 0 unspecified atom stereocenters. The van der Waals surface area contributed by atoms with E-state index < -0.39 is 27.4 Å². The Balaban J connectivity index is 1.93. The average Bonchev–Trinajstić information content (AvgIpc) is 2.99. The summed E-state index contributed by atoms with van der Waals surface area (Å²) >= 11 is 0. The number of carboxylic acids is 1. The van der Waals surface area contributed by atoms with Crippen LogP contribution in [0, 0.1) is 0 Å². The van der Waals surface area contributed by atoms with E-state index >= 15 is 0 Å². The van der Waals surface area contributed by atoms with Crippen molar-refractivity contribution >= 4 is 21.9 Å². The number of hydrogen-bond acceptors (Lipinski definition) is 6. The van der Waals surface area contributed by atoms with Crippen molar-refractivity contribution in [3.63, 3.8) is 0 Å². The van der Waals surface area contributed by atoms with Crippen LogP contribution in [-0.2, 0) is 15.8 Å². The van der Waals surface area contributed by atoms with Gasteiger partial charge in [-0.2, -0.15) is 0 Å². The van der Waals surface area contributed by atoms with E-state index in [0.29, 0.717) is 5.56 Å². The number of pyridine rings is 1. The molecule has 0 bridgehead atoms. The molecule has 2 aromatic heterocycles. The summed E-state index contributed by atoms with van der Waals surface area (Å²) in [6.45, 7) is 0. The van der Waals surface area contributed by atoms with Gasteiger partial charge < -0.3 is 9.63 Å². The van der Waals surface area contributed by atoms with Crippen LogP contribution in [0.25, 0.3) is 11.4 Å². The molecule has 2 heterocycles. The lowest BCUT2D eigenvalue weighted by Crippen LogP contribution is -2.16. The zero-order valence-corrected chi connectivity index (χ0v) is 13.6. The van der Waals surface area contributed by atoms with Crippen molar-refractivity contribution in [3.8, 4) is 11.4 Å². The number of aromatic carboxylic acids is 1. The molecule has 0 fully saturated rings. The molecule has 9 heteroatoms. The predicted octanol–water partition coefficient (Wildman–Crippen LogP) is 2.38. The molecule has 0 aliphatic carbocycles. The number of anilines is 1. The van der Waals surface area contributed by atoms with Gasteiger partial charge in [-0.15, -0.1) is 0 Å².